The number of rotatable bonds is 21. The Balaban J connectivity index is 0.592. The average Bonchev–Trinajstić information content (AvgIpc) is 1.55. The summed E-state index contributed by atoms with van der Waals surface area (Å²) in [5, 5.41) is 7.29. The van der Waals surface area contributed by atoms with Crippen molar-refractivity contribution in [1.82, 2.24) is 13.7 Å². The summed E-state index contributed by atoms with van der Waals surface area (Å²) in [7, 11) is 0. The Morgan fingerprint density at radius 1 is 0.101 bits per heavy atom. The van der Waals surface area contributed by atoms with Crippen LogP contribution in [0.2, 0.25) is 0 Å². The molecule has 0 unspecified atom stereocenters. The van der Waals surface area contributed by atoms with Gasteiger partial charge in [0.25, 0.3) is 0 Å². The van der Waals surface area contributed by atoms with Gasteiger partial charge in [-0.3, -0.25) is 0 Å². The molecule has 22 aromatic carbocycles. The molecule has 138 heavy (non-hydrogen) atoms. The molecule has 0 saturated carbocycles. The number of para-hydroxylation sites is 3. The van der Waals surface area contributed by atoms with E-state index in [4.69, 9.17) is 0 Å². The van der Waals surface area contributed by atoms with Crippen LogP contribution in [0.4, 0.5) is 51.2 Å². The normalized spacial score (nSPS) is 11.5. The highest BCUT2D eigenvalue weighted by Gasteiger charge is 2.26. The summed E-state index contributed by atoms with van der Waals surface area (Å²) in [5.74, 6) is 0. The lowest BCUT2D eigenvalue weighted by Gasteiger charge is -2.33. The van der Waals surface area contributed by atoms with Crippen LogP contribution < -0.4 is 14.7 Å². The lowest BCUT2D eigenvalue weighted by Crippen LogP contribution is -2.16. The highest BCUT2D eigenvalue weighted by atomic mass is 15.2. The van der Waals surface area contributed by atoms with Gasteiger partial charge >= 0.3 is 0 Å². The second-order valence-electron chi connectivity index (χ2n) is 35.6. The van der Waals surface area contributed by atoms with E-state index in [1.54, 1.807) is 0 Å². The molecule has 0 amide bonds. The van der Waals surface area contributed by atoms with Gasteiger partial charge in [-0.1, -0.05) is 346 Å². The van der Waals surface area contributed by atoms with Crippen molar-refractivity contribution >= 4 is 117 Å². The van der Waals surface area contributed by atoms with E-state index in [-0.39, 0.29) is 0 Å². The highest BCUT2D eigenvalue weighted by molar-refractivity contribution is 6.15. The monoisotopic (exact) mass is 1760 g/mol. The quantitative estimate of drug-likeness (QED) is 0.0717. The number of hydrogen-bond donors (Lipinski definition) is 0. The van der Waals surface area contributed by atoms with Gasteiger partial charge in [-0.05, 0) is 300 Å². The van der Waals surface area contributed by atoms with Crippen molar-refractivity contribution in [3.05, 3.63) is 546 Å². The summed E-state index contributed by atoms with van der Waals surface area (Å²) >= 11 is 0. The van der Waals surface area contributed by atoms with Gasteiger partial charge in [-0.2, -0.15) is 0 Å². The molecule has 6 nitrogen and oxygen atoms in total. The smallest absolute Gasteiger partial charge is 0.0541 e. The molecule has 0 spiro atoms. The summed E-state index contributed by atoms with van der Waals surface area (Å²) in [4.78, 5) is 7.23. The van der Waals surface area contributed by atoms with E-state index < -0.39 is 0 Å². The van der Waals surface area contributed by atoms with E-state index in [0.717, 1.165) is 135 Å². The first-order valence-electron chi connectivity index (χ1n) is 47.3. The molecule has 25 aromatic rings. The number of benzene rings is 22. The van der Waals surface area contributed by atoms with E-state index in [2.05, 4.69) is 574 Å². The Morgan fingerprint density at radius 2 is 0.239 bits per heavy atom. The third kappa shape index (κ3) is 15.3. The van der Waals surface area contributed by atoms with Gasteiger partial charge < -0.3 is 28.4 Å². The van der Waals surface area contributed by atoms with Crippen LogP contribution in [0.25, 0.3) is 183 Å². The van der Waals surface area contributed by atoms with Crippen LogP contribution in [0.5, 0.6) is 0 Å². The molecule has 3 aromatic heterocycles. The van der Waals surface area contributed by atoms with Gasteiger partial charge in [0.05, 0.1) is 50.2 Å². The average molecular weight is 1760 g/mol. The second-order valence-corrected chi connectivity index (χ2v) is 35.6. The van der Waals surface area contributed by atoms with Crippen molar-refractivity contribution in [2.45, 2.75) is 0 Å². The summed E-state index contributed by atoms with van der Waals surface area (Å²) in [6.45, 7) is 0. The van der Waals surface area contributed by atoms with Gasteiger partial charge in [0.2, 0.25) is 0 Å². The summed E-state index contributed by atoms with van der Waals surface area (Å²) < 4.78 is 7.27. The van der Waals surface area contributed by atoms with Crippen molar-refractivity contribution in [1.29, 1.82) is 0 Å². The zero-order chi connectivity index (χ0) is 91.4. The van der Waals surface area contributed by atoms with Crippen molar-refractivity contribution < 1.29 is 0 Å². The maximum atomic E-state index is 2.42. The van der Waals surface area contributed by atoms with E-state index in [1.807, 2.05) is 0 Å². The SMILES string of the molecule is c1ccc(-c2ccc3c(c2)c2cc(-c4ccccc4)ccc2n3-c2ccc(-c3ccc(N(c4ccccc4)c4cc(N(c5ccccc5)c5ccc(-c6ccc(-n7c8ccc(-c9ccccc9)cc8c8cc(-c9ccccc9)ccc87)cc6)cc5)cc(N(c5ccccc5)c5ccc(-c6ccc(-n7c8ccc(-c9ccccc9)cc8c8cc(-c9ccccc9)ccc87)cc6)cc5)c4)cc3)cc2)cc1. The van der Waals surface area contributed by atoms with Gasteiger partial charge in [0, 0.05) is 83.5 Å². The van der Waals surface area contributed by atoms with Crippen LogP contribution in [-0.2, 0) is 0 Å². The fraction of sp³-hybridized carbons (Fsp3) is 0. The molecule has 0 aliphatic carbocycles. The van der Waals surface area contributed by atoms with Crippen LogP contribution in [0, 0.1) is 0 Å². The summed E-state index contributed by atoms with van der Waals surface area (Å²) in [5.41, 5.74) is 40.2. The molecule has 0 bridgehead atoms. The second kappa shape index (κ2) is 35.3. The van der Waals surface area contributed by atoms with Crippen molar-refractivity contribution in [2.24, 2.45) is 0 Å². The molecular formula is C132H90N6. The number of nitrogens with zero attached hydrogens (tertiary/aromatic N) is 6. The Labute approximate surface area is 802 Å². The molecule has 0 aliphatic rings. The maximum absolute atomic E-state index is 2.42. The standard InChI is InChI=1S/C132H90N6/c1-10-28-91(29-11-1)103-58-76-127-121(82-103)122-83-104(92-30-12-2-13-31-92)59-77-128(122)136(127)115-70-52-100(53-71-115)97-46-64-112(65-47-97)133(109-40-22-7-23-41-109)118-88-119(134(110-42-24-8-25-43-110)113-66-48-98(49-67-113)101-54-72-116(73-55-101)137-129-78-60-105(93-32-14-3-15-33-93)84-123(129)124-85-106(61-79-130(124)137)94-34-16-4-17-35-94)90-120(89-118)135(111-44-26-9-27-45-111)114-68-50-99(51-69-114)102-56-74-117(75-57-102)138-131-80-62-107(95-36-18-5-19-37-95)86-125(131)126-87-108(63-81-132(126)138)96-38-20-6-21-39-96/h1-90H. The van der Waals surface area contributed by atoms with Gasteiger partial charge in [0.15, 0.2) is 0 Å². The van der Waals surface area contributed by atoms with E-state index >= 15 is 0 Å². The molecule has 0 aliphatic heterocycles. The Kier molecular flexibility index (Phi) is 20.9. The molecule has 0 atom stereocenters. The third-order valence-electron chi connectivity index (χ3n) is 27.4. The van der Waals surface area contributed by atoms with Crippen molar-refractivity contribution in [2.75, 3.05) is 14.7 Å². The van der Waals surface area contributed by atoms with Crippen molar-refractivity contribution in [3.63, 3.8) is 0 Å². The zero-order valence-electron chi connectivity index (χ0n) is 75.6. The van der Waals surface area contributed by atoms with Crippen LogP contribution in [-0.4, -0.2) is 13.7 Å². The Morgan fingerprint density at radius 3 is 0.413 bits per heavy atom. The lowest BCUT2D eigenvalue weighted by atomic mass is 10.0. The number of aromatic nitrogens is 3. The highest BCUT2D eigenvalue weighted by Crippen LogP contribution is 2.50. The maximum Gasteiger partial charge on any atom is 0.0541 e. The molecule has 648 valence electrons. The topological polar surface area (TPSA) is 24.5 Å². The van der Waals surface area contributed by atoms with Gasteiger partial charge in [-0.25, -0.2) is 0 Å². The fourth-order valence-corrected chi connectivity index (χ4v) is 20.6. The summed E-state index contributed by atoms with van der Waals surface area (Å²) in [6, 6.07) is 200. The van der Waals surface area contributed by atoms with Gasteiger partial charge in [0.1, 0.15) is 0 Å². The first-order valence-corrected chi connectivity index (χ1v) is 47.3. The first-order chi connectivity index (χ1) is 68.4. The predicted molar refractivity (Wildman–Crippen MR) is 582 cm³/mol. The molecule has 0 saturated heterocycles. The third-order valence-corrected chi connectivity index (χ3v) is 27.4. The minimum absolute atomic E-state index is 0.965. The largest absolute Gasteiger partial charge is 0.310 e. The number of hydrogen-bond acceptors (Lipinski definition) is 3. The van der Waals surface area contributed by atoms with Gasteiger partial charge in [-0.15, -0.1) is 0 Å². The first kappa shape index (κ1) is 81.6. The molecule has 0 radical (unpaired) electrons. The molecule has 25 rings (SSSR count). The Bertz CT molecular complexity index is 7630. The molecule has 0 fully saturated rings. The zero-order valence-corrected chi connectivity index (χ0v) is 75.6. The fourth-order valence-electron chi connectivity index (χ4n) is 20.6. The minimum atomic E-state index is 0.965. The molecule has 3 heterocycles. The van der Waals surface area contributed by atoms with Crippen LogP contribution >= 0.6 is 0 Å². The molecule has 6 heteroatoms. The number of anilines is 9. The lowest BCUT2D eigenvalue weighted by molar-refractivity contribution is 1.18. The van der Waals surface area contributed by atoms with E-state index in [0.29, 0.717) is 0 Å². The summed E-state index contributed by atoms with van der Waals surface area (Å²) in [6.07, 6.45) is 0. The molecule has 0 N–H and O–H groups in total. The van der Waals surface area contributed by atoms with Crippen LogP contribution in [0.3, 0.4) is 0 Å². The minimum Gasteiger partial charge on any atom is -0.310 e. The number of fused-ring (bicyclic) bond motifs is 9. The Hall–Kier alpha value is -18.4. The van der Waals surface area contributed by atoms with Crippen LogP contribution in [0.15, 0.2) is 546 Å². The van der Waals surface area contributed by atoms with Crippen molar-refractivity contribution in [3.8, 4) is 117 Å². The van der Waals surface area contributed by atoms with E-state index in [9.17, 15) is 0 Å². The van der Waals surface area contributed by atoms with Crippen LogP contribution in [0.1, 0.15) is 0 Å². The predicted octanol–water partition coefficient (Wildman–Crippen LogP) is 36.4. The molecular weight excluding hydrogens is 1670 g/mol. The van der Waals surface area contributed by atoms with E-state index in [1.165, 1.54) is 99.1 Å².